The van der Waals surface area contributed by atoms with Crippen LogP contribution >= 0.6 is 23.2 Å². The third kappa shape index (κ3) is 4.95. The Morgan fingerprint density at radius 2 is 1.88 bits per heavy atom. The number of benzene rings is 2. The van der Waals surface area contributed by atoms with Crippen LogP contribution in [0.4, 0.5) is 10.1 Å². The van der Waals surface area contributed by atoms with Gasteiger partial charge in [-0.3, -0.25) is 9.69 Å². The molecule has 1 atom stereocenters. The molecule has 2 aromatic carbocycles. The number of nitrogens with one attached hydrogen (secondary N) is 1. The summed E-state index contributed by atoms with van der Waals surface area (Å²) in [6, 6.07) is 11.4. The number of hydrogen-bond donors (Lipinski definition) is 1. The van der Waals surface area contributed by atoms with Crippen LogP contribution in [0.1, 0.15) is 18.1 Å². The minimum atomic E-state index is -0.267. The summed E-state index contributed by atoms with van der Waals surface area (Å²) in [4.78, 5) is 14.4. The van der Waals surface area contributed by atoms with Crippen LogP contribution in [0, 0.1) is 5.82 Å². The summed E-state index contributed by atoms with van der Waals surface area (Å²) in [5.74, 6) is -0.416. The highest BCUT2D eigenvalue weighted by atomic mass is 35.5. The smallest absolute Gasteiger partial charge is 0.225 e. The Labute approximate surface area is 161 Å². The summed E-state index contributed by atoms with van der Waals surface area (Å²) in [5, 5.41) is 3.59. The zero-order chi connectivity index (χ0) is 18.5. The van der Waals surface area contributed by atoms with Crippen LogP contribution in [0.5, 0.6) is 0 Å². The Hall–Kier alpha value is -1.66. The Morgan fingerprint density at radius 1 is 1.19 bits per heavy atom. The fourth-order valence-corrected chi connectivity index (χ4v) is 3.36. The lowest BCUT2D eigenvalue weighted by Gasteiger charge is -2.33. The molecule has 0 bridgehead atoms. The van der Waals surface area contributed by atoms with E-state index in [9.17, 15) is 9.18 Å². The number of nitrogens with zero attached hydrogens (tertiary/aromatic N) is 1. The van der Waals surface area contributed by atoms with Gasteiger partial charge in [0.2, 0.25) is 5.91 Å². The predicted octanol–water partition coefficient (Wildman–Crippen LogP) is 4.53. The molecule has 0 aromatic heterocycles. The molecule has 0 radical (unpaired) electrons. The van der Waals surface area contributed by atoms with Crippen LogP contribution in [0.2, 0.25) is 10.0 Å². The van der Waals surface area contributed by atoms with Crippen LogP contribution in [-0.2, 0) is 9.53 Å². The molecule has 1 heterocycles. The van der Waals surface area contributed by atoms with Gasteiger partial charge in [-0.1, -0.05) is 41.4 Å². The molecular weight excluding hydrogens is 378 g/mol. The Balaban J connectivity index is 1.52. The summed E-state index contributed by atoms with van der Waals surface area (Å²) in [6.07, 6.45) is 0.197. The highest BCUT2D eigenvalue weighted by Crippen LogP contribution is 2.30. The summed E-state index contributed by atoms with van der Waals surface area (Å²) >= 11 is 12.1. The van der Waals surface area contributed by atoms with Gasteiger partial charge in [-0.25, -0.2) is 4.39 Å². The van der Waals surface area contributed by atoms with Crippen molar-refractivity contribution in [1.82, 2.24) is 4.90 Å². The van der Waals surface area contributed by atoms with Crippen molar-refractivity contribution in [2.45, 2.75) is 12.5 Å². The van der Waals surface area contributed by atoms with Gasteiger partial charge >= 0.3 is 0 Å². The maximum absolute atomic E-state index is 13.1. The van der Waals surface area contributed by atoms with Gasteiger partial charge in [-0.05, 0) is 29.8 Å². The third-order valence-electron chi connectivity index (χ3n) is 4.27. The van der Waals surface area contributed by atoms with E-state index < -0.39 is 0 Å². The van der Waals surface area contributed by atoms with Gasteiger partial charge in [-0.2, -0.15) is 0 Å². The van der Waals surface area contributed by atoms with E-state index >= 15 is 0 Å². The Kier molecular flexibility index (Phi) is 6.48. The number of rotatable bonds is 5. The largest absolute Gasteiger partial charge is 0.371 e. The van der Waals surface area contributed by atoms with E-state index in [1.54, 1.807) is 30.3 Å². The highest BCUT2D eigenvalue weighted by Gasteiger charge is 2.22. The van der Waals surface area contributed by atoms with Gasteiger partial charge in [-0.15, -0.1) is 0 Å². The van der Waals surface area contributed by atoms with E-state index in [0.29, 0.717) is 41.8 Å². The normalized spacial score (nSPS) is 17.9. The molecule has 26 heavy (non-hydrogen) atoms. The maximum atomic E-state index is 13.1. The van der Waals surface area contributed by atoms with Crippen LogP contribution < -0.4 is 5.32 Å². The van der Waals surface area contributed by atoms with E-state index in [1.165, 1.54) is 12.1 Å². The van der Waals surface area contributed by atoms with Gasteiger partial charge in [0.15, 0.2) is 0 Å². The molecule has 1 N–H and O–H groups in total. The van der Waals surface area contributed by atoms with Crippen molar-refractivity contribution in [3.63, 3.8) is 0 Å². The number of hydrogen-bond acceptors (Lipinski definition) is 3. The molecular formula is C19H19Cl2FN2O2. The lowest BCUT2D eigenvalue weighted by molar-refractivity contribution is -0.117. The summed E-state index contributed by atoms with van der Waals surface area (Å²) < 4.78 is 18.8. The zero-order valence-electron chi connectivity index (χ0n) is 14.1. The SMILES string of the molecule is O=C(CCN1CCOC(c2ccc(F)cc2)C1)Nc1c(Cl)cccc1Cl. The molecule has 1 saturated heterocycles. The second kappa shape index (κ2) is 8.82. The van der Waals surface area contributed by atoms with E-state index in [1.807, 2.05) is 0 Å². The first-order chi connectivity index (χ1) is 12.5. The summed E-state index contributed by atoms with van der Waals surface area (Å²) in [6.45, 7) is 2.57. The first-order valence-electron chi connectivity index (χ1n) is 8.36. The topological polar surface area (TPSA) is 41.6 Å². The molecule has 2 aromatic rings. The Morgan fingerprint density at radius 3 is 2.58 bits per heavy atom. The van der Waals surface area contributed by atoms with Crippen molar-refractivity contribution in [2.75, 3.05) is 31.6 Å². The monoisotopic (exact) mass is 396 g/mol. The number of ether oxygens (including phenoxy) is 1. The van der Waals surface area contributed by atoms with E-state index in [0.717, 1.165) is 12.1 Å². The quantitative estimate of drug-likeness (QED) is 0.806. The number of carbonyl (C=O) groups is 1. The van der Waals surface area contributed by atoms with Crippen molar-refractivity contribution in [3.8, 4) is 0 Å². The molecule has 1 amide bonds. The lowest BCUT2D eigenvalue weighted by Crippen LogP contribution is -2.39. The van der Waals surface area contributed by atoms with Crippen LogP contribution in [0.25, 0.3) is 0 Å². The minimum Gasteiger partial charge on any atom is -0.371 e. The molecule has 0 aliphatic carbocycles. The van der Waals surface area contributed by atoms with Crippen molar-refractivity contribution >= 4 is 34.8 Å². The Bertz CT molecular complexity index is 750. The summed E-state index contributed by atoms with van der Waals surface area (Å²) in [5.41, 5.74) is 1.37. The van der Waals surface area contributed by atoms with Crippen molar-refractivity contribution < 1.29 is 13.9 Å². The van der Waals surface area contributed by atoms with Crippen LogP contribution in [0.3, 0.4) is 0 Å². The average Bonchev–Trinajstić information content (AvgIpc) is 2.64. The van der Waals surface area contributed by atoms with E-state index in [2.05, 4.69) is 10.2 Å². The van der Waals surface area contributed by atoms with Crippen molar-refractivity contribution in [3.05, 3.63) is 63.9 Å². The molecule has 138 valence electrons. The summed E-state index contributed by atoms with van der Waals surface area (Å²) in [7, 11) is 0. The van der Waals surface area contributed by atoms with E-state index in [-0.39, 0.29) is 17.8 Å². The first-order valence-corrected chi connectivity index (χ1v) is 9.12. The minimum absolute atomic E-state index is 0.120. The van der Waals surface area contributed by atoms with Crippen molar-refractivity contribution in [2.24, 2.45) is 0 Å². The van der Waals surface area contributed by atoms with Crippen molar-refractivity contribution in [1.29, 1.82) is 0 Å². The zero-order valence-corrected chi connectivity index (χ0v) is 15.6. The standard InChI is InChI=1S/C19H19Cl2FN2O2/c20-15-2-1-3-16(21)19(15)23-18(25)8-9-24-10-11-26-17(12-24)13-4-6-14(22)7-5-13/h1-7,17H,8-12H2,(H,23,25). The molecule has 1 fully saturated rings. The molecule has 1 aliphatic heterocycles. The third-order valence-corrected chi connectivity index (χ3v) is 4.90. The molecule has 1 aliphatic rings. The molecule has 0 saturated carbocycles. The molecule has 0 spiro atoms. The fourth-order valence-electron chi connectivity index (χ4n) is 2.86. The van der Waals surface area contributed by atoms with Gasteiger partial charge in [0, 0.05) is 26.1 Å². The number of anilines is 1. The molecule has 1 unspecified atom stereocenters. The van der Waals surface area contributed by atoms with Crippen LogP contribution in [-0.4, -0.2) is 37.0 Å². The first kappa shape index (κ1) is 19.1. The number of carbonyl (C=O) groups excluding carboxylic acids is 1. The van der Waals surface area contributed by atoms with Gasteiger partial charge in [0.1, 0.15) is 5.82 Å². The number of para-hydroxylation sites is 1. The van der Waals surface area contributed by atoms with Crippen LogP contribution in [0.15, 0.2) is 42.5 Å². The molecule has 7 heteroatoms. The van der Waals surface area contributed by atoms with Gasteiger partial charge < -0.3 is 10.1 Å². The fraction of sp³-hybridized carbons (Fsp3) is 0.316. The predicted molar refractivity (Wildman–Crippen MR) is 101 cm³/mol. The van der Waals surface area contributed by atoms with E-state index in [4.69, 9.17) is 27.9 Å². The van der Waals surface area contributed by atoms with Gasteiger partial charge in [0.25, 0.3) is 0 Å². The highest BCUT2D eigenvalue weighted by molar-refractivity contribution is 6.39. The second-order valence-electron chi connectivity index (χ2n) is 6.11. The number of halogens is 3. The molecule has 4 nitrogen and oxygen atoms in total. The number of morpholine rings is 1. The average molecular weight is 397 g/mol. The lowest BCUT2D eigenvalue weighted by atomic mass is 10.1. The maximum Gasteiger partial charge on any atom is 0.225 e. The van der Waals surface area contributed by atoms with Gasteiger partial charge in [0.05, 0.1) is 28.4 Å². The number of amides is 1. The molecule has 3 rings (SSSR count). The second-order valence-corrected chi connectivity index (χ2v) is 6.92.